The molecule has 0 unspecified atom stereocenters. The second kappa shape index (κ2) is 8.17. The number of thioether (sulfide) groups is 1. The van der Waals surface area contributed by atoms with Crippen molar-refractivity contribution in [2.75, 3.05) is 26.3 Å². The third kappa shape index (κ3) is 4.24. The van der Waals surface area contributed by atoms with Crippen LogP contribution < -0.4 is 5.73 Å². The summed E-state index contributed by atoms with van der Waals surface area (Å²) < 4.78 is 31.8. The van der Waals surface area contributed by atoms with Crippen LogP contribution in [-0.2, 0) is 19.6 Å². The fourth-order valence-corrected chi connectivity index (χ4v) is 4.83. The maximum absolute atomic E-state index is 12.6. The number of hydrogen-bond donors (Lipinski definition) is 1. The Morgan fingerprint density at radius 1 is 1.15 bits per heavy atom. The van der Waals surface area contributed by atoms with Gasteiger partial charge in [0.05, 0.1) is 18.2 Å². The van der Waals surface area contributed by atoms with Gasteiger partial charge in [-0.1, -0.05) is 42.1 Å². The third-order valence-electron chi connectivity index (χ3n) is 3.92. The number of ether oxygens (including phenoxy) is 1. The lowest BCUT2D eigenvalue weighted by molar-refractivity contribution is -0.117. The van der Waals surface area contributed by atoms with Crippen molar-refractivity contribution in [2.24, 2.45) is 5.73 Å². The highest BCUT2D eigenvalue weighted by Crippen LogP contribution is 2.34. The van der Waals surface area contributed by atoms with Gasteiger partial charge >= 0.3 is 0 Å². The Morgan fingerprint density at radius 2 is 1.85 bits per heavy atom. The highest BCUT2D eigenvalue weighted by Gasteiger charge is 2.27. The van der Waals surface area contributed by atoms with Crippen LogP contribution in [0.15, 0.2) is 58.6 Å². The molecule has 0 radical (unpaired) electrons. The maximum atomic E-state index is 12.6. The molecule has 2 heterocycles. The number of sulfonamides is 1. The minimum atomic E-state index is -3.59. The summed E-state index contributed by atoms with van der Waals surface area (Å²) in [6.07, 6.45) is 1.32. The zero-order valence-corrected chi connectivity index (χ0v) is 15.6. The molecule has 1 aromatic heterocycles. The molecule has 9 heteroatoms. The number of nitrogens with two attached hydrogens (primary N) is 1. The number of amides is 1. The fraction of sp³-hybridized carbons (Fsp3) is 0.294. The summed E-state index contributed by atoms with van der Waals surface area (Å²) in [5.74, 6) is -0.479. The molecule has 7 nitrogen and oxygen atoms in total. The van der Waals surface area contributed by atoms with Crippen molar-refractivity contribution in [1.29, 1.82) is 0 Å². The fourth-order valence-electron chi connectivity index (χ4n) is 2.56. The lowest BCUT2D eigenvalue weighted by Crippen LogP contribution is -2.40. The van der Waals surface area contributed by atoms with Crippen molar-refractivity contribution in [3.63, 3.8) is 0 Å². The van der Waals surface area contributed by atoms with Gasteiger partial charge in [-0.25, -0.2) is 13.4 Å². The Kier molecular flexibility index (Phi) is 5.92. The van der Waals surface area contributed by atoms with Crippen molar-refractivity contribution in [1.82, 2.24) is 9.29 Å². The number of morpholine rings is 1. The Labute approximate surface area is 156 Å². The third-order valence-corrected chi connectivity index (χ3v) is 7.02. The first-order valence-corrected chi connectivity index (χ1v) is 10.4. The number of hydrogen-bond acceptors (Lipinski definition) is 6. The Balaban J connectivity index is 1.77. The number of primary amides is 1. The lowest BCUT2D eigenvalue weighted by atomic mass is 10.1. The summed E-state index contributed by atoms with van der Waals surface area (Å²) in [4.78, 5) is 16.1. The number of carbonyl (C=O) groups is 1. The minimum Gasteiger partial charge on any atom is -0.379 e. The molecule has 1 aliphatic rings. The van der Waals surface area contributed by atoms with Crippen LogP contribution in [0, 0.1) is 0 Å². The quantitative estimate of drug-likeness (QED) is 0.745. The molecule has 0 bridgehead atoms. The maximum Gasteiger partial charge on any atom is 0.244 e. The van der Waals surface area contributed by atoms with Gasteiger partial charge in [0.1, 0.15) is 10.1 Å². The molecule has 0 saturated carbocycles. The second-order valence-corrected chi connectivity index (χ2v) is 8.72. The predicted molar refractivity (Wildman–Crippen MR) is 98.0 cm³/mol. The van der Waals surface area contributed by atoms with Crippen LogP contribution >= 0.6 is 11.8 Å². The number of aromatic nitrogens is 1. The Hall–Kier alpha value is -1.94. The van der Waals surface area contributed by atoms with Gasteiger partial charge < -0.3 is 10.5 Å². The van der Waals surface area contributed by atoms with Crippen LogP contribution in [0.1, 0.15) is 10.8 Å². The monoisotopic (exact) mass is 393 g/mol. The van der Waals surface area contributed by atoms with Gasteiger partial charge in [-0.15, -0.1) is 0 Å². The summed E-state index contributed by atoms with van der Waals surface area (Å²) in [5.41, 5.74) is 6.29. The summed E-state index contributed by atoms with van der Waals surface area (Å²) in [7, 11) is -3.59. The van der Waals surface area contributed by atoms with E-state index >= 15 is 0 Å². The average molecular weight is 393 g/mol. The van der Waals surface area contributed by atoms with Crippen LogP contribution in [0.5, 0.6) is 0 Å². The number of benzene rings is 1. The van der Waals surface area contributed by atoms with Crippen molar-refractivity contribution in [2.45, 2.75) is 15.2 Å². The minimum absolute atomic E-state index is 0.124. The highest BCUT2D eigenvalue weighted by molar-refractivity contribution is 8.00. The zero-order valence-electron chi connectivity index (χ0n) is 13.9. The number of rotatable bonds is 6. The van der Waals surface area contributed by atoms with E-state index in [9.17, 15) is 13.2 Å². The molecule has 3 rings (SSSR count). The van der Waals surface area contributed by atoms with Crippen molar-refractivity contribution < 1.29 is 17.9 Å². The summed E-state index contributed by atoms with van der Waals surface area (Å²) in [6, 6.07) is 12.3. The van der Waals surface area contributed by atoms with Crippen LogP contribution in [0.25, 0.3) is 0 Å². The van der Waals surface area contributed by atoms with Gasteiger partial charge in [0.15, 0.2) is 0 Å². The first kappa shape index (κ1) is 18.8. The molecule has 0 aliphatic carbocycles. The van der Waals surface area contributed by atoms with Gasteiger partial charge in [0.25, 0.3) is 0 Å². The van der Waals surface area contributed by atoms with E-state index in [2.05, 4.69) is 4.98 Å². The van der Waals surface area contributed by atoms with Gasteiger partial charge in [-0.3, -0.25) is 4.79 Å². The van der Waals surface area contributed by atoms with Crippen molar-refractivity contribution in [3.05, 3.63) is 54.2 Å². The first-order valence-electron chi connectivity index (χ1n) is 8.03. The van der Waals surface area contributed by atoms with E-state index in [-0.39, 0.29) is 4.90 Å². The van der Waals surface area contributed by atoms with Gasteiger partial charge in [0.2, 0.25) is 15.9 Å². The molecule has 1 aliphatic heterocycles. The first-order chi connectivity index (χ1) is 12.5. The van der Waals surface area contributed by atoms with Gasteiger partial charge in [-0.05, 0) is 17.7 Å². The van der Waals surface area contributed by atoms with E-state index in [0.717, 1.165) is 5.56 Å². The van der Waals surface area contributed by atoms with Crippen molar-refractivity contribution in [3.8, 4) is 0 Å². The van der Waals surface area contributed by atoms with Crippen molar-refractivity contribution >= 4 is 27.7 Å². The SMILES string of the molecule is NC(=O)[C@H](Sc1ccc(S(=O)(=O)N2CCOCC2)cn1)c1ccccc1. The van der Waals surface area contributed by atoms with Gasteiger partial charge in [-0.2, -0.15) is 4.31 Å². The van der Waals surface area contributed by atoms with Crippen LogP contribution in [0.2, 0.25) is 0 Å². The summed E-state index contributed by atoms with van der Waals surface area (Å²) >= 11 is 1.19. The van der Waals surface area contributed by atoms with E-state index < -0.39 is 21.2 Å². The Morgan fingerprint density at radius 3 is 2.42 bits per heavy atom. The zero-order chi connectivity index (χ0) is 18.6. The normalized spacial score (nSPS) is 16.9. The molecular weight excluding hydrogens is 374 g/mol. The molecule has 1 saturated heterocycles. The second-order valence-electron chi connectivity index (χ2n) is 5.66. The largest absolute Gasteiger partial charge is 0.379 e. The topological polar surface area (TPSA) is 103 Å². The van der Waals surface area contributed by atoms with E-state index in [0.29, 0.717) is 31.3 Å². The van der Waals surface area contributed by atoms with Gasteiger partial charge in [0, 0.05) is 19.3 Å². The number of pyridine rings is 1. The molecule has 138 valence electrons. The number of carbonyl (C=O) groups excluding carboxylic acids is 1. The van der Waals surface area contributed by atoms with E-state index in [1.54, 1.807) is 6.07 Å². The molecule has 2 N–H and O–H groups in total. The molecular formula is C17H19N3O4S2. The highest BCUT2D eigenvalue weighted by atomic mass is 32.2. The standard InChI is InChI=1S/C17H19N3O4S2/c18-17(21)16(13-4-2-1-3-5-13)25-15-7-6-14(12-19-15)26(22,23)20-8-10-24-11-9-20/h1-7,12,16H,8-11H2,(H2,18,21)/t16-/m1/s1. The molecule has 26 heavy (non-hydrogen) atoms. The Bertz CT molecular complexity index is 851. The lowest BCUT2D eigenvalue weighted by Gasteiger charge is -2.25. The smallest absolute Gasteiger partial charge is 0.244 e. The molecule has 2 aromatic rings. The average Bonchev–Trinajstić information content (AvgIpc) is 2.67. The molecule has 1 fully saturated rings. The van der Waals surface area contributed by atoms with E-state index in [1.807, 2.05) is 30.3 Å². The molecule has 0 spiro atoms. The predicted octanol–water partition coefficient (Wildman–Crippen LogP) is 1.42. The summed E-state index contributed by atoms with van der Waals surface area (Å²) in [6.45, 7) is 1.43. The molecule has 1 amide bonds. The van der Waals surface area contributed by atoms with Crippen LogP contribution in [0.4, 0.5) is 0 Å². The summed E-state index contributed by atoms with van der Waals surface area (Å²) in [5, 5.41) is -0.0658. The van der Waals surface area contributed by atoms with E-state index in [1.165, 1.54) is 28.3 Å². The van der Waals surface area contributed by atoms with Crippen LogP contribution in [0.3, 0.4) is 0 Å². The molecule has 1 atom stereocenters. The van der Waals surface area contributed by atoms with Crippen LogP contribution in [-0.4, -0.2) is 49.9 Å². The van der Waals surface area contributed by atoms with E-state index in [4.69, 9.17) is 10.5 Å². The number of nitrogens with zero attached hydrogens (tertiary/aromatic N) is 2. The molecule has 1 aromatic carbocycles.